The molecule has 1 fully saturated rings. The number of aryl methyl sites for hydroxylation is 1. The molecule has 1 saturated carbocycles. The molecular weight excluding hydrogens is 148 g/mol. The van der Waals surface area contributed by atoms with Crippen molar-refractivity contribution in [2.45, 2.75) is 31.8 Å². The third-order valence-electron chi connectivity index (χ3n) is 2.59. The van der Waals surface area contributed by atoms with Crippen molar-refractivity contribution >= 4 is 0 Å². The lowest BCUT2D eigenvalue weighted by Crippen LogP contribution is -2.34. The van der Waals surface area contributed by atoms with Gasteiger partial charge < -0.3 is 9.88 Å². The van der Waals surface area contributed by atoms with Crippen LogP contribution in [0.25, 0.3) is 0 Å². The lowest BCUT2D eigenvalue weighted by molar-refractivity contribution is 0.338. The number of nitrogens with one attached hydrogen (secondary N) is 1. The zero-order valence-electron chi connectivity index (χ0n) is 7.59. The average molecular weight is 164 g/mol. The summed E-state index contributed by atoms with van der Waals surface area (Å²) >= 11 is 0. The van der Waals surface area contributed by atoms with E-state index in [-0.39, 0.29) is 0 Å². The Hall–Kier alpha value is -0.760. The van der Waals surface area contributed by atoms with Crippen molar-refractivity contribution in [3.05, 3.63) is 24.0 Å². The van der Waals surface area contributed by atoms with Crippen LogP contribution in [0.2, 0.25) is 0 Å². The smallest absolute Gasteiger partial charge is 0.0223 e. The zero-order chi connectivity index (χ0) is 8.39. The van der Waals surface area contributed by atoms with Gasteiger partial charge >= 0.3 is 0 Å². The van der Waals surface area contributed by atoms with Gasteiger partial charge in [0.25, 0.3) is 0 Å². The van der Waals surface area contributed by atoms with E-state index in [2.05, 4.69) is 35.4 Å². The minimum absolute atomic E-state index is 0.796. The van der Waals surface area contributed by atoms with Gasteiger partial charge in [-0.1, -0.05) is 6.42 Å². The Bertz CT molecular complexity index is 248. The summed E-state index contributed by atoms with van der Waals surface area (Å²) in [5.74, 6) is 0. The van der Waals surface area contributed by atoms with Crippen LogP contribution in [0.3, 0.4) is 0 Å². The van der Waals surface area contributed by atoms with Gasteiger partial charge in [-0.05, 0) is 24.5 Å². The van der Waals surface area contributed by atoms with E-state index < -0.39 is 0 Å². The monoisotopic (exact) mass is 164 g/mol. The molecule has 0 atom stereocenters. The van der Waals surface area contributed by atoms with Crippen LogP contribution < -0.4 is 5.32 Å². The summed E-state index contributed by atoms with van der Waals surface area (Å²) in [4.78, 5) is 0. The van der Waals surface area contributed by atoms with Crippen LogP contribution in [-0.4, -0.2) is 10.6 Å². The maximum atomic E-state index is 3.54. The fourth-order valence-electron chi connectivity index (χ4n) is 1.54. The Morgan fingerprint density at radius 1 is 1.58 bits per heavy atom. The first kappa shape index (κ1) is 7.87. The summed E-state index contributed by atoms with van der Waals surface area (Å²) in [6.07, 6.45) is 8.41. The Morgan fingerprint density at radius 3 is 2.92 bits per heavy atom. The van der Waals surface area contributed by atoms with Crippen molar-refractivity contribution in [3.63, 3.8) is 0 Å². The molecule has 1 N–H and O–H groups in total. The molecule has 66 valence electrons. The molecule has 0 saturated heterocycles. The van der Waals surface area contributed by atoms with Crippen molar-refractivity contribution < 1.29 is 0 Å². The standard InChI is InChI=1S/C10H16N2/c1-12-6-5-9(8-12)7-11-10-3-2-4-10/h5-6,8,10-11H,2-4,7H2,1H3. The van der Waals surface area contributed by atoms with Gasteiger partial charge in [0, 0.05) is 32.0 Å². The Kier molecular flexibility index (Phi) is 2.17. The minimum Gasteiger partial charge on any atom is -0.357 e. The molecule has 1 aromatic heterocycles. The number of hydrogen-bond acceptors (Lipinski definition) is 1. The molecule has 0 unspecified atom stereocenters. The fraction of sp³-hybridized carbons (Fsp3) is 0.600. The molecule has 0 aromatic carbocycles. The van der Waals surface area contributed by atoms with Gasteiger partial charge in [0.05, 0.1) is 0 Å². The fourth-order valence-corrected chi connectivity index (χ4v) is 1.54. The molecule has 1 heterocycles. The molecule has 2 nitrogen and oxygen atoms in total. The molecule has 1 aliphatic carbocycles. The lowest BCUT2D eigenvalue weighted by Gasteiger charge is -2.26. The van der Waals surface area contributed by atoms with Gasteiger partial charge in [0.2, 0.25) is 0 Å². The van der Waals surface area contributed by atoms with Gasteiger partial charge in [-0.3, -0.25) is 0 Å². The molecule has 12 heavy (non-hydrogen) atoms. The predicted molar refractivity (Wildman–Crippen MR) is 49.9 cm³/mol. The largest absolute Gasteiger partial charge is 0.357 e. The first-order valence-electron chi connectivity index (χ1n) is 4.69. The second kappa shape index (κ2) is 3.31. The average Bonchev–Trinajstić information content (AvgIpc) is 2.32. The topological polar surface area (TPSA) is 17.0 Å². The van der Waals surface area contributed by atoms with E-state index in [0.29, 0.717) is 0 Å². The number of rotatable bonds is 3. The van der Waals surface area contributed by atoms with Crippen LogP contribution in [0.15, 0.2) is 18.5 Å². The Morgan fingerprint density at radius 2 is 2.42 bits per heavy atom. The van der Waals surface area contributed by atoms with E-state index >= 15 is 0 Å². The number of hydrogen-bond donors (Lipinski definition) is 1. The maximum Gasteiger partial charge on any atom is 0.0223 e. The normalized spacial score (nSPS) is 17.8. The lowest BCUT2D eigenvalue weighted by atomic mass is 9.93. The summed E-state index contributed by atoms with van der Waals surface area (Å²) < 4.78 is 2.10. The van der Waals surface area contributed by atoms with E-state index in [1.165, 1.54) is 24.8 Å². The van der Waals surface area contributed by atoms with Crippen LogP contribution in [0, 0.1) is 0 Å². The summed E-state index contributed by atoms with van der Waals surface area (Å²) in [5, 5.41) is 3.54. The van der Waals surface area contributed by atoms with Gasteiger partial charge in [0.1, 0.15) is 0 Å². The highest BCUT2D eigenvalue weighted by atomic mass is 14.9. The molecule has 1 aliphatic rings. The van der Waals surface area contributed by atoms with Gasteiger partial charge in [0.15, 0.2) is 0 Å². The second-order valence-corrected chi connectivity index (χ2v) is 3.69. The number of aromatic nitrogens is 1. The molecule has 0 spiro atoms. The van der Waals surface area contributed by atoms with Crippen molar-refractivity contribution in [3.8, 4) is 0 Å². The Labute approximate surface area is 73.6 Å². The van der Waals surface area contributed by atoms with E-state index in [0.717, 1.165) is 12.6 Å². The molecule has 0 bridgehead atoms. The molecule has 0 aliphatic heterocycles. The van der Waals surface area contributed by atoms with E-state index in [4.69, 9.17) is 0 Å². The molecule has 2 rings (SSSR count). The van der Waals surface area contributed by atoms with Gasteiger partial charge in [-0.2, -0.15) is 0 Å². The van der Waals surface area contributed by atoms with Crippen molar-refractivity contribution in [2.24, 2.45) is 7.05 Å². The van der Waals surface area contributed by atoms with Gasteiger partial charge in [-0.25, -0.2) is 0 Å². The zero-order valence-corrected chi connectivity index (χ0v) is 7.59. The van der Waals surface area contributed by atoms with Crippen LogP contribution in [0.5, 0.6) is 0 Å². The van der Waals surface area contributed by atoms with E-state index in [1.807, 2.05) is 0 Å². The Balaban J connectivity index is 1.79. The first-order chi connectivity index (χ1) is 5.84. The van der Waals surface area contributed by atoms with Crippen molar-refractivity contribution in [2.75, 3.05) is 0 Å². The maximum absolute atomic E-state index is 3.54. The highest BCUT2D eigenvalue weighted by Crippen LogP contribution is 2.18. The second-order valence-electron chi connectivity index (χ2n) is 3.69. The molecule has 0 amide bonds. The van der Waals surface area contributed by atoms with Crippen molar-refractivity contribution in [1.82, 2.24) is 9.88 Å². The summed E-state index contributed by atoms with van der Waals surface area (Å²) in [7, 11) is 2.06. The van der Waals surface area contributed by atoms with Gasteiger partial charge in [-0.15, -0.1) is 0 Å². The molecule has 1 aromatic rings. The first-order valence-corrected chi connectivity index (χ1v) is 4.69. The third-order valence-corrected chi connectivity index (χ3v) is 2.59. The van der Waals surface area contributed by atoms with E-state index in [1.54, 1.807) is 0 Å². The third kappa shape index (κ3) is 1.69. The van der Waals surface area contributed by atoms with E-state index in [9.17, 15) is 0 Å². The summed E-state index contributed by atoms with van der Waals surface area (Å²) in [6, 6.07) is 2.97. The highest BCUT2D eigenvalue weighted by molar-refractivity contribution is 5.09. The predicted octanol–water partition coefficient (Wildman–Crippen LogP) is 1.67. The van der Waals surface area contributed by atoms with Crippen LogP contribution in [0.4, 0.5) is 0 Å². The number of nitrogens with zero attached hydrogens (tertiary/aromatic N) is 1. The highest BCUT2D eigenvalue weighted by Gasteiger charge is 2.15. The van der Waals surface area contributed by atoms with Crippen molar-refractivity contribution in [1.29, 1.82) is 0 Å². The quantitative estimate of drug-likeness (QED) is 0.719. The molecule has 0 radical (unpaired) electrons. The summed E-state index contributed by atoms with van der Waals surface area (Å²) in [5.41, 5.74) is 1.39. The molecule has 2 heteroatoms. The van der Waals surface area contributed by atoms with Crippen LogP contribution >= 0.6 is 0 Å². The van der Waals surface area contributed by atoms with Crippen LogP contribution in [-0.2, 0) is 13.6 Å². The summed E-state index contributed by atoms with van der Waals surface area (Å²) in [6.45, 7) is 1.03. The minimum atomic E-state index is 0.796. The molecular formula is C10H16N2. The van der Waals surface area contributed by atoms with Crippen LogP contribution in [0.1, 0.15) is 24.8 Å². The SMILES string of the molecule is Cn1ccc(CNC2CCC2)c1.